The first-order chi connectivity index (χ1) is 11.7. The summed E-state index contributed by atoms with van der Waals surface area (Å²) in [7, 11) is 0. The van der Waals surface area contributed by atoms with Crippen molar-refractivity contribution in [2.45, 2.75) is 12.8 Å². The number of nitrogens with one attached hydrogen (secondary N) is 2. The first kappa shape index (κ1) is 16.7. The predicted octanol–water partition coefficient (Wildman–Crippen LogP) is 2.68. The lowest BCUT2D eigenvalue weighted by molar-refractivity contribution is 0.0955. The van der Waals surface area contributed by atoms with Gasteiger partial charge in [0, 0.05) is 42.3 Å². The van der Waals surface area contributed by atoms with Crippen molar-refractivity contribution in [3.63, 3.8) is 0 Å². The SMILES string of the molecule is O=C(NCCNc1cc(N2CCCC2)ncn1)c1ccc(Br)cc1. The number of hydrogen-bond donors (Lipinski definition) is 2. The number of hydrogen-bond acceptors (Lipinski definition) is 5. The summed E-state index contributed by atoms with van der Waals surface area (Å²) in [6, 6.07) is 9.25. The van der Waals surface area contributed by atoms with E-state index in [0.717, 1.165) is 29.2 Å². The Labute approximate surface area is 149 Å². The Hall–Kier alpha value is -2.15. The molecule has 2 heterocycles. The van der Waals surface area contributed by atoms with Gasteiger partial charge in [0.25, 0.3) is 5.91 Å². The molecule has 1 amide bonds. The molecule has 2 N–H and O–H groups in total. The zero-order valence-electron chi connectivity index (χ0n) is 13.3. The molecule has 0 aliphatic carbocycles. The summed E-state index contributed by atoms with van der Waals surface area (Å²) < 4.78 is 0.957. The summed E-state index contributed by atoms with van der Waals surface area (Å²) in [4.78, 5) is 22.8. The second-order valence-corrected chi connectivity index (χ2v) is 6.56. The molecule has 1 saturated heterocycles. The molecule has 1 aliphatic heterocycles. The van der Waals surface area contributed by atoms with Crippen LogP contribution in [0.4, 0.5) is 11.6 Å². The third kappa shape index (κ3) is 4.44. The normalized spacial score (nSPS) is 13.8. The molecule has 1 aromatic carbocycles. The van der Waals surface area contributed by atoms with Crippen molar-refractivity contribution in [1.29, 1.82) is 0 Å². The highest BCUT2D eigenvalue weighted by Crippen LogP contribution is 2.19. The van der Waals surface area contributed by atoms with E-state index in [4.69, 9.17) is 0 Å². The number of carbonyl (C=O) groups is 1. The highest BCUT2D eigenvalue weighted by molar-refractivity contribution is 9.10. The van der Waals surface area contributed by atoms with Crippen LogP contribution in [0.15, 0.2) is 41.1 Å². The molecule has 1 aliphatic rings. The van der Waals surface area contributed by atoms with E-state index >= 15 is 0 Å². The summed E-state index contributed by atoms with van der Waals surface area (Å²) in [5.74, 6) is 1.67. The Morgan fingerprint density at radius 1 is 1.12 bits per heavy atom. The van der Waals surface area contributed by atoms with Crippen molar-refractivity contribution in [3.8, 4) is 0 Å². The number of aromatic nitrogens is 2. The summed E-state index contributed by atoms with van der Waals surface area (Å²) in [5.41, 5.74) is 0.650. The molecule has 0 unspecified atom stereocenters. The van der Waals surface area contributed by atoms with Crippen molar-refractivity contribution < 1.29 is 4.79 Å². The van der Waals surface area contributed by atoms with Crippen LogP contribution in [0, 0.1) is 0 Å². The van der Waals surface area contributed by atoms with Gasteiger partial charge in [-0.3, -0.25) is 4.79 Å². The van der Waals surface area contributed by atoms with E-state index in [9.17, 15) is 4.79 Å². The fourth-order valence-corrected chi connectivity index (χ4v) is 2.90. The topological polar surface area (TPSA) is 70.2 Å². The van der Waals surface area contributed by atoms with Crippen molar-refractivity contribution in [2.24, 2.45) is 0 Å². The van der Waals surface area contributed by atoms with Gasteiger partial charge >= 0.3 is 0 Å². The monoisotopic (exact) mass is 389 g/mol. The van der Waals surface area contributed by atoms with E-state index in [1.807, 2.05) is 18.2 Å². The fourth-order valence-electron chi connectivity index (χ4n) is 2.63. The van der Waals surface area contributed by atoms with E-state index < -0.39 is 0 Å². The molecular formula is C17H20BrN5O. The van der Waals surface area contributed by atoms with Crippen molar-refractivity contribution >= 4 is 33.5 Å². The lowest BCUT2D eigenvalue weighted by Gasteiger charge is -2.16. The lowest BCUT2D eigenvalue weighted by Crippen LogP contribution is -2.29. The maximum absolute atomic E-state index is 12.0. The second kappa shape index (κ2) is 8.10. The molecule has 6 nitrogen and oxygen atoms in total. The highest BCUT2D eigenvalue weighted by Gasteiger charge is 2.13. The minimum absolute atomic E-state index is 0.0789. The quantitative estimate of drug-likeness (QED) is 0.743. The third-order valence-electron chi connectivity index (χ3n) is 3.91. The minimum atomic E-state index is -0.0789. The molecule has 0 atom stereocenters. The van der Waals surface area contributed by atoms with E-state index in [1.54, 1.807) is 18.5 Å². The smallest absolute Gasteiger partial charge is 0.251 e. The Morgan fingerprint density at radius 2 is 1.88 bits per heavy atom. The molecule has 1 fully saturated rings. The Balaban J connectivity index is 1.45. The summed E-state index contributed by atoms with van der Waals surface area (Å²) in [6.07, 6.45) is 4.01. The van der Waals surface area contributed by atoms with E-state index in [0.29, 0.717) is 18.7 Å². The molecular weight excluding hydrogens is 370 g/mol. The molecule has 3 rings (SSSR count). The third-order valence-corrected chi connectivity index (χ3v) is 4.43. The van der Waals surface area contributed by atoms with Gasteiger partial charge in [0.2, 0.25) is 0 Å². The molecule has 0 radical (unpaired) electrons. The molecule has 0 bridgehead atoms. The van der Waals surface area contributed by atoms with Gasteiger partial charge in [-0.15, -0.1) is 0 Å². The Morgan fingerprint density at radius 3 is 2.62 bits per heavy atom. The number of nitrogens with zero attached hydrogens (tertiary/aromatic N) is 3. The van der Waals surface area contributed by atoms with Gasteiger partial charge in [0.15, 0.2) is 0 Å². The van der Waals surface area contributed by atoms with Crippen LogP contribution in [-0.2, 0) is 0 Å². The summed E-state index contributed by atoms with van der Waals surface area (Å²) in [5, 5.41) is 6.11. The number of amides is 1. The average Bonchev–Trinajstić information content (AvgIpc) is 3.14. The molecule has 0 saturated carbocycles. The van der Waals surface area contributed by atoms with Crippen LogP contribution in [0.5, 0.6) is 0 Å². The fraction of sp³-hybridized carbons (Fsp3) is 0.353. The van der Waals surface area contributed by atoms with Gasteiger partial charge in [-0.25, -0.2) is 9.97 Å². The summed E-state index contributed by atoms with van der Waals surface area (Å²) in [6.45, 7) is 3.25. The zero-order valence-corrected chi connectivity index (χ0v) is 14.9. The van der Waals surface area contributed by atoms with Gasteiger partial charge in [-0.1, -0.05) is 15.9 Å². The second-order valence-electron chi connectivity index (χ2n) is 5.65. The number of rotatable bonds is 6. The van der Waals surface area contributed by atoms with Gasteiger partial charge in [0.1, 0.15) is 18.0 Å². The Bertz CT molecular complexity index is 686. The van der Waals surface area contributed by atoms with Crippen molar-refractivity contribution in [1.82, 2.24) is 15.3 Å². The van der Waals surface area contributed by atoms with Crippen LogP contribution in [-0.4, -0.2) is 42.1 Å². The number of anilines is 2. The molecule has 126 valence electrons. The maximum atomic E-state index is 12.0. The van der Waals surface area contributed by atoms with Crippen molar-refractivity contribution in [3.05, 3.63) is 46.7 Å². The van der Waals surface area contributed by atoms with Gasteiger partial charge in [-0.05, 0) is 37.1 Å². The number of benzene rings is 1. The standard InChI is InChI=1S/C17H20BrN5O/c18-14-5-3-13(4-6-14)17(24)20-8-7-19-15-11-16(22-12-21-15)23-9-1-2-10-23/h3-6,11-12H,1-2,7-10H2,(H,20,24)(H,19,21,22). The molecule has 7 heteroatoms. The van der Waals surface area contributed by atoms with Crippen LogP contribution >= 0.6 is 15.9 Å². The van der Waals surface area contributed by atoms with E-state index in [1.165, 1.54) is 12.8 Å². The zero-order chi connectivity index (χ0) is 16.8. The van der Waals surface area contributed by atoms with Gasteiger partial charge < -0.3 is 15.5 Å². The summed E-state index contributed by atoms with van der Waals surface area (Å²) >= 11 is 3.36. The van der Waals surface area contributed by atoms with Gasteiger partial charge in [0.05, 0.1) is 0 Å². The molecule has 0 spiro atoms. The Kier molecular flexibility index (Phi) is 5.63. The largest absolute Gasteiger partial charge is 0.368 e. The molecule has 1 aromatic heterocycles. The lowest BCUT2D eigenvalue weighted by atomic mass is 10.2. The average molecular weight is 390 g/mol. The van der Waals surface area contributed by atoms with Crippen LogP contribution in [0.25, 0.3) is 0 Å². The minimum Gasteiger partial charge on any atom is -0.368 e. The number of carbonyl (C=O) groups excluding carboxylic acids is 1. The molecule has 24 heavy (non-hydrogen) atoms. The predicted molar refractivity (Wildman–Crippen MR) is 98.4 cm³/mol. The molecule has 2 aromatic rings. The van der Waals surface area contributed by atoms with Gasteiger partial charge in [-0.2, -0.15) is 0 Å². The van der Waals surface area contributed by atoms with Crippen LogP contribution in [0.3, 0.4) is 0 Å². The maximum Gasteiger partial charge on any atom is 0.251 e. The van der Waals surface area contributed by atoms with Crippen LogP contribution in [0.1, 0.15) is 23.2 Å². The van der Waals surface area contributed by atoms with Crippen LogP contribution in [0.2, 0.25) is 0 Å². The van der Waals surface area contributed by atoms with Crippen LogP contribution < -0.4 is 15.5 Å². The van der Waals surface area contributed by atoms with Crippen molar-refractivity contribution in [2.75, 3.05) is 36.4 Å². The van der Waals surface area contributed by atoms with E-state index in [2.05, 4.69) is 41.4 Å². The first-order valence-corrected chi connectivity index (χ1v) is 8.86. The van der Waals surface area contributed by atoms with E-state index in [-0.39, 0.29) is 5.91 Å². The highest BCUT2D eigenvalue weighted by atomic mass is 79.9. The number of halogens is 1. The first-order valence-electron chi connectivity index (χ1n) is 8.07.